The van der Waals surface area contributed by atoms with E-state index in [0.29, 0.717) is 6.54 Å². The fourth-order valence-corrected chi connectivity index (χ4v) is 1.57. The zero-order valence-electron chi connectivity index (χ0n) is 8.35. The predicted molar refractivity (Wildman–Crippen MR) is 62.1 cm³/mol. The van der Waals surface area contributed by atoms with Gasteiger partial charge in [-0.15, -0.1) is 0 Å². The SMILES string of the molecule is NCCc1cnc2cc([B]O)ccc2c1. The number of aromatic nitrogens is 1. The van der Waals surface area contributed by atoms with Gasteiger partial charge in [0.2, 0.25) is 0 Å². The smallest absolute Gasteiger partial charge is 0.326 e. The van der Waals surface area contributed by atoms with Gasteiger partial charge in [0.05, 0.1) is 5.52 Å². The quantitative estimate of drug-likeness (QED) is 0.682. The lowest BCUT2D eigenvalue weighted by molar-refractivity contribution is 0.615. The second-order valence-electron chi connectivity index (χ2n) is 3.46. The summed E-state index contributed by atoms with van der Waals surface area (Å²) in [4.78, 5) is 4.32. The van der Waals surface area contributed by atoms with Gasteiger partial charge in [-0.25, -0.2) is 0 Å². The first-order valence-corrected chi connectivity index (χ1v) is 4.89. The molecule has 1 aromatic heterocycles. The molecule has 0 bridgehead atoms. The maximum Gasteiger partial charge on any atom is 0.326 e. The highest BCUT2D eigenvalue weighted by Crippen LogP contribution is 2.11. The number of pyridine rings is 1. The van der Waals surface area contributed by atoms with Crippen molar-refractivity contribution in [2.24, 2.45) is 5.73 Å². The molecule has 0 aliphatic carbocycles. The first kappa shape index (κ1) is 10.1. The number of rotatable bonds is 3. The Bertz CT molecular complexity index is 473. The van der Waals surface area contributed by atoms with Crippen molar-refractivity contribution in [3.8, 4) is 0 Å². The van der Waals surface area contributed by atoms with Crippen LogP contribution in [0.4, 0.5) is 0 Å². The van der Waals surface area contributed by atoms with Gasteiger partial charge in [0, 0.05) is 11.6 Å². The molecule has 15 heavy (non-hydrogen) atoms. The van der Waals surface area contributed by atoms with Gasteiger partial charge in [-0.2, -0.15) is 0 Å². The molecule has 2 rings (SSSR count). The zero-order chi connectivity index (χ0) is 10.7. The normalized spacial score (nSPS) is 10.5. The van der Waals surface area contributed by atoms with Crippen molar-refractivity contribution >= 4 is 23.8 Å². The van der Waals surface area contributed by atoms with Crippen molar-refractivity contribution < 1.29 is 5.02 Å². The van der Waals surface area contributed by atoms with Crippen LogP contribution in [0.1, 0.15) is 5.56 Å². The van der Waals surface area contributed by atoms with Crippen LogP contribution < -0.4 is 11.2 Å². The highest BCUT2D eigenvalue weighted by molar-refractivity contribution is 6.45. The van der Waals surface area contributed by atoms with Crippen molar-refractivity contribution in [1.82, 2.24) is 4.98 Å². The average Bonchev–Trinajstić information content (AvgIpc) is 2.29. The minimum atomic E-state index is 0.635. The first-order valence-electron chi connectivity index (χ1n) is 4.89. The van der Waals surface area contributed by atoms with Crippen molar-refractivity contribution in [2.75, 3.05) is 6.54 Å². The molecule has 1 aromatic carbocycles. The molecule has 0 fully saturated rings. The second kappa shape index (κ2) is 4.42. The molecule has 0 aliphatic heterocycles. The van der Waals surface area contributed by atoms with E-state index in [9.17, 15) is 0 Å². The van der Waals surface area contributed by atoms with Gasteiger partial charge in [-0.1, -0.05) is 17.6 Å². The van der Waals surface area contributed by atoms with E-state index in [4.69, 9.17) is 10.8 Å². The molecule has 3 nitrogen and oxygen atoms in total. The van der Waals surface area contributed by atoms with Gasteiger partial charge in [0.1, 0.15) is 0 Å². The highest BCUT2D eigenvalue weighted by atomic mass is 16.2. The Labute approximate surface area is 89.2 Å². The zero-order valence-corrected chi connectivity index (χ0v) is 8.35. The maximum atomic E-state index is 8.87. The Morgan fingerprint density at radius 3 is 2.93 bits per heavy atom. The molecular formula is C11H12BN2O. The number of nitrogens with zero attached hydrogens (tertiary/aromatic N) is 1. The Hall–Kier alpha value is -1.39. The molecule has 1 radical (unpaired) electrons. The number of hydrogen-bond donors (Lipinski definition) is 2. The summed E-state index contributed by atoms with van der Waals surface area (Å²) in [6.45, 7) is 0.635. The molecule has 3 N–H and O–H groups in total. The van der Waals surface area contributed by atoms with Crippen LogP contribution in [0.3, 0.4) is 0 Å². The van der Waals surface area contributed by atoms with E-state index in [1.54, 1.807) is 0 Å². The molecule has 0 saturated heterocycles. The van der Waals surface area contributed by atoms with Gasteiger partial charge in [-0.05, 0) is 30.7 Å². The number of benzene rings is 1. The molecule has 0 atom stereocenters. The van der Waals surface area contributed by atoms with Crippen LogP contribution in [0.25, 0.3) is 10.9 Å². The maximum absolute atomic E-state index is 8.87. The van der Waals surface area contributed by atoms with E-state index < -0.39 is 0 Å². The van der Waals surface area contributed by atoms with Gasteiger partial charge < -0.3 is 10.8 Å². The molecule has 75 valence electrons. The van der Waals surface area contributed by atoms with Crippen molar-refractivity contribution in [2.45, 2.75) is 6.42 Å². The minimum Gasteiger partial charge on any atom is -0.450 e. The fraction of sp³-hybridized carbons (Fsp3) is 0.182. The molecule has 4 heteroatoms. The molecule has 0 amide bonds. The van der Waals surface area contributed by atoms with Gasteiger partial charge >= 0.3 is 7.48 Å². The summed E-state index contributed by atoms with van der Waals surface area (Å²) < 4.78 is 0. The molecule has 1 heterocycles. The third-order valence-corrected chi connectivity index (χ3v) is 2.35. The lowest BCUT2D eigenvalue weighted by Gasteiger charge is -2.02. The summed E-state index contributed by atoms with van der Waals surface area (Å²) in [6.07, 6.45) is 2.67. The van der Waals surface area contributed by atoms with E-state index in [-0.39, 0.29) is 0 Å². The van der Waals surface area contributed by atoms with Crippen LogP contribution in [0.5, 0.6) is 0 Å². The monoisotopic (exact) mass is 199 g/mol. The van der Waals surface area contributed by atoms with Crippen LogP contribution >= 0.6 is 0 Å². The van der Waals surface area contributed by atoms with Crippen LogP contribution in [-0.4, -0.2) is 24.0 Å². The number of hydrogen-bond acceptors (Lipinski definition) is 3. The van der Waals surface area contributed by atoms with Crippen LogP contribution in [-0.2, 0) is 6.42 Å². The van der Waals surface area contributed by atoms with E-state index in [0.717, 1.165) is 35.8 Å². The highest BCUT2D eigenvalue weighted by Gasteiger charge is 1.99. The summed E-state index contributed by atoms with van der Waals surface area (Å²) in [6, 6.07) is 7.73. The van der Waals surface area contributed by atoms with E-state index >= 15 is 0 Å². The van der Waals surface area contributed by atoms with Crippen LogP contribution in [0.15, 0.2) is 30.5 Å². The summed E-state index contributed by atoms with van der Waals surface area (Å²) in [5, 5.41) is 9.94. The first-order chi connectivity index (χ1) is 7.33. The molecule has 0 aliphatic rings. The fourth-order valence-electron chi connectivity index (χ4n) is 1.57. The standard InChI is InChI=1S/C11H12BN2O/c13-4-3-8-5-9-1-2-10(12-15)6-11(9)14-7-8/h1-2,5-7,15H,3-4,13H2. The Morgan fingerprint density at radius 1 is 1.33 bits per heavy atom. The average molecular weight is 199 g/mol. The van der Waals surface area contributed by atoms with E-state index in [2.05, 4.69) is 11.1 Å². The Morgan fingerprint density at radius 2 is 2.20 bits per heavy atom. The summed E-state index contributed by atoms with van der Waals surface area (Å²) in [5.41, 5.74) is 8.28. The summed E-state index contributed by atoms with van der Waals surface area (Å²) >= 11 is 0. The lowest BCUT2D eigenvalue weighted by atomic mass is 9.88. The topological polar surface area (TPSA) is 59.1 Å². The lowest BCUT2D eigenvalue weighted by Crippen LogP contribution is -2.12. The summed E-state index contributed by atoms with van der Waals surface area (Å²) in [5.74, 6) is 0. The van der Waals surface area contributed by atoms with E-state index in [1.165, 1.54) is 0 Å². The van der Waals surface area contributed by atoms with Crippen LogP contribution in [0, 0.1) is 0 Å². The van der Waals surface area contributed by atoms with Gasteiger partial charge in [0.15, 0.2) is 0 Å². The largest absolute Gasteiger partial charge is 0.450 e. The molecule has 0 saturated carbocycles. The predicted octanol–water partition coefficient (Wildman–Crippen LogP) is -0.0272. The van der Waals surface area contributed by atoms with Crippen molar-refractivity contribution in [1.29, 1.82) is 0 Å². The number of fused-ring (bicyclic) bond motifs is 1. The molecule has 0 spiro atoms. The van der Waals surface area contributed by atoms with Gasteiger partial charge in [0.25, 0.3) is 0 Å². The Kier molecular flexibility index (Phi) is 2.99. The second-order valence-corrected chi connectivity index (χ2v) is 3.46. The minimum absolute atomic E-state index is 0.635. The third kappa shape index (κ3) is 2.17. The molecule has 0 unspecified atom stereocenters. The van der Waals surface area contributed by atoms with Crippen molar-refractivity contribution in [3.63, 3.8) is 0 Å². The van der Waals surface area contributed by atoms with Crippen molar-refractivity contribution in [3.05, 3.63) is 36.0 Å². The molecule has 2 aromatic rings. The summed E-state index contributed by atoms with van der Waals surface area (Å²) in [7, 11) is 1.08. The van der Waals surface area contributed by atoms with Gasteiger partial charge in [-0.3, -0.25) is 4.98 Å². The third-order valence-electron chi connectivity index (χ3n) is 2.35. The van der Waals surface area contributed by atoms with E-state index in [1.807, 2.05) is 24.4 Å². The molecular weight excluding hydrogens is 187 g/mol. The van der Waals surface area contributed by atoms with Crippen LogP contribution in [0.2, 0.25) is 0 Å². The number of nitrogens with two attached hydrogens (primary N) is 1. The Balaban J connectivity index is 2.45.